The lowest BCUT2D eigenvalue weighted by atomic mass is 10.0. The number of carboxylic acids is 1. The number of aryl methyl sites for hydroxylation is 1. The van der Waals surface area contributed by atoms with Crippen LogP contribution in [0.5, 0.6) is 0 Å². The fourth-order valence-corrected chi connectivity index (χ4v) is 3.04. The van der Waals surface area contributed by atoms with Crippen molar-refractivity contribution < 1.29 is 9.90 Å². The highest BCUT2D eigenvalue weighted by Crippen LogP contribution is 2.26. The van der Waals surface area contributed by atoms with Gasteiger partial charge in [-0.05, 0) is 43.5 Å². The van der Waals surface area contributed by atoms with Gasteiger partial charge < -0.3 is 15.3 Å². The van der Waals surface area contributed by atoms with Gasteiger partial charge in [-0.1, -0.05) is 15.9 Å². The lowest BCUT2D eigenvalue weighted by Crippen LogP contribution is -2.47. The summed E-state index contributed by atoms with van der Waals surface area (Å²) >= 11 is 3.48. The fraction of sp³-hybridized carbons (Fsp3) is 0.500. The van der Waals surface area contributed by atoms with E-state index >= 15 is 0 Å². The number of anilines is 1. The summed E-state index contributed by atoms with van der Waals surface area (Å²) in [5, 5.41) is 11.8. The van der Waals surface area contributed by atoms with Crippen LogP contribution in [0.2, 0.25) is 0 Å². The molecule has 19 heavy (non-hydrogen) atoms. The fourth-order valence-electron chi connectivity index (χ4n) is 2.57. The van der Waals surface area contributed by atoms with Crippen molar-refractivity contribution in [1.29, 1.82) is 0 Å². The SMILES string of the molecule is Cc1cc(Br)ccc1N1CCCC(NCC(=O)O)C1. The Hall–Kier alpha value is -1.07. The highest BCUT2D eigenvalue weighted by molar-refractivity contribution is 9.10. The van der Waals surface area contributed by atoms with Crippen LogP contribution in [0.25, 0.3) is 0 Å². The molecule has 2 N–H and O–H groups in total. The van der Waals surface area contributed by atoms with Crippen molar-refractivity contribution in [3.63, 3.8) is 0 Å². The van der Waals surface area contributed by atoms with Crippen molar-refractivity contribution >= 4 is 27.6 Å². The van der Waals surface area contributed by atoms with Crippen molar-refractivity contribution in [3.05, 3.63) is 28.2 Å². The largest absolute Gasteiger partial charge is 0.480 e. The molecule has 0 spiro atoms. The van der Waals surface area contributed by atoms with Crippen LogP contribution in [0.3, 0.4) is 0 Å². The average Bonchev–Trinajstić information content (AvgIpc) is 2.36. The second-order valence-electron chi connectivity index (χ2n) is 4.99. The summed E-state index contributed by atoms with van der Waals surface area (Å²) in [7, 11) is 0. The molecule has 4 nitrogen and oxygen atoms in total. The zero-order chi connectivity index (χ0) is 13.8. The molecule has 104 valence electrons. The third kappa shape index (κ3) is 3.94. The van der Waals surface area contributed by atoms with E-state index in [0.717, 1.165) is 30.4 Å². The van der Waals surface area contributed by atoms with Gasteiger partial charge in [0.25, 0.3) is 0 Å². The Balaban J connectivity index is 2.02. The molecular formula is C14H19BrN2O2. The molecule has 0 aliphatic carbocycles. The first-order valence-electron chi connectivity index (χ1n) is 6.52. The maximum absolute atomic E-state index is 10.6. The third-order valence-electron chi connectivity index (χ3n) is 3.46. The Labute approximate surface area is 121 Å². The Kier molecular flexibility index (Phi) is 4.82. The Bertz CT molecular complexity index is 465. The molecule has 0 bridgehead atoms. The molecule has 2 rings (SSSR count). The van der Waals surface area contributed by atoms with E-state index in [-0.39, 0.29) is 12.6 Å². The lowest BCUT2D eigenvalue weighted by Gasteiger charge is -2.35. The molecule has 0 radical (unpaired) electrons. The summed E-state index contributed by atoms with van der Waals surface area (Å²) in [5.41, 5.74) is 2.48. The van der Waals surface area contributed by atoms with Crippen LogP contribution < -0.4 is 10.2 Å². The zero-order valence-corrected chi connectivity index (χ0v) is 12.6. The van der Waals surface area contributed by atoms with E-state index in [4.69, 9.17) is 5.11 Å². The number of carboxylic acid groups (broad SMARTS) is 1. The molecule has 1 atom stereocenters. The number of hydrogen-bond donors (Lipinski definition) is 2. The van der Waals surface area contributed by atoms with E-state index in [1.807, 2.05) is 0 Å². The van der Waals surface area contributed by atoms with Gasteiger partial charge in [0, 0.05) is 29.3 Å². The van der Waals surface area contributed by atoms with Crippen LogP contribution in [-0.4, -0.2) is 36.8 Å². The second-order valence-corrected chi connectivity index (χ2v) is 5.91. The van der Waals surface area contributed by atoms with E-state index in [1.165, 1.54) is 11.3 Å². The number of hydrogen-bond acceptors (Lipinski definition) is 3. The van der Waals surface area contributed by atoms with Gasteiger partial charge in [0.05, 0.1) is 6.54 Å². The van der Waals surface area contributed by atoms with Crippen molar-refractivity contribution in [2.24, 2.45) is 0 Å². The Morgan fingerprint density at radius 1 is 1.58 bits per heavy atom. The molecule has 1 fully saturated rings. The summed E-state index contributed by atoms with van der Waals surface area (Å²) < 4.78 is 1.09. The smallest absolute Gasteiger partial charge is 0.317 e. The van der Waals surface area contributed by atoms with Crippen molar-refractivity contribution in [3.8, 4) is 0 Å². The van der Waals surface area contributed by atoms with Crippen LogP contribution in [-0.2, 0) is 4.79 Å². The first kappa shape index (κ1) is 14.3. The van der Waals surface area contributed by atoms with Crippen molar-refractivity contribution in [2.45, 2.75) is 25.8 Å². The second kappa shape index (κ2) is 6.39. The van der Waals surface area contributed by atoms with Crippen molar-refractivity contribution in [2.75, 3.05) is 24.5 Å². The van der Waals surface area contributed by atoms with E-state index in [2.05, 4.69) is 51.3 Å². The van der Waals surface area contributed by atoms with E-state index < -0.39 is 5.97 Å². The van der Waals surface area contributed by atoms with Gasteiger partial charge in [-0.25, -0.2) is 0 Å². The topological polar surface area (TPSA) is 52.6 Å². The van der Waals surface area contributed by atoms with Crippen LogP contribution >= 0.6 is 15.9 Å². The summed E-state index contributed by atoms with van der Waals surface area (Å²) in [6.45, 7) is 4.05. The van der Waals surface area contributed by atoms with E-state index in [1.54, 1.807) is 0 Å². The standard InChI is InChI=1S/C14H19BrN2O2/c1-10-7-11(15)4-5-13(10)17-6-2-3-12(9-17)16-8-14(18)19/h4-5,7,12,16H,2-3,6,8-9H2,1H3,(H,18,19). The quantitative estimate of drug-likeness (QED) is 0.892. The molecule has 0 saturated carbocycles. The van der Waals surface area contributed by atoms with Crippen molar-refractivity contribution in [1.82, 2.24) is 5.32 Å². The predicted molar refractivity (Wildman–Crippen MR) is 79.8 cm³/mol. The minimum atomic E-state index is -0.794. The number of nitrogens with one attached hydrogen (secondary N) is 1. The lowest BCUT2D eigenvalue weighted by molar-refractivity contribution is -0.136. The molecule has 0 aromatic heterocycles. The summed E-state index contributed by atoms with van der Waals surface area (Å²) in [4.78, 5) is 12.9. The minimum Gasteiger partial charge on any atom is -0.480 e. The van der Waals surface area contributed by atoms with Crippen LogP contribution in [0.15, 0.2) is 22.7 Å². The zero-order valence-electron chi connectivity index (χ0n) is 11.0. The molecule has 1 saturated heterocycles. The Morgan fingerprint density at radius 2 is 2.37 bits per heavy atom. The number of piperidine rings is 1. The molecular weight excluding hydrogens is 308 g/mol. The molecule has 1 heterocycles. The van der Waals surface area contributed by atoms with Gasteiger partial charge in [0.2, 0.25) is 0 Å². The number of halogens is 1. The monoisotopic (exact) mass is 326 g/mol. The predicted octanol–water partition coefficient (Wildman–Crippen LogP) is 2.40. The third-order valence-corrected chi connectivity index (χ3v) is 3.96. The van der Waals surface area contributed by atoms with Crippen LogP contribution in [0.4, 0.5) is 5.69 Å². The van der Waals surface area contributed by atoms with Gasteiger partial charge in [-0.2, -0.15) is 0 Å². The summed E-state index contributed by atoms with van der Waals surface area (Å²) in [6, 6.07) is 6.55. The van der Waals surface area contributed by atoms with Crippen LogP contribution in [0.1, 0.15) is 18.4 Å². The van der Waals surface area contributed by atoms with Gasteiger partial charge >= 0.3 is 5.97 Å². The number of rotatable bonds is 4. The molecule has 1 aliphatic heterocycles. The first-order chi connectivity index (χ1) is 9.06. The van der Waals surface area contributed by atoms with E-state index in [0.29, 0.717) is 0 Å². The number of benzene rings is 1. The average molecular weight is 327 g/mol. The number of aliphatic carboxylic acids is 1. The number of carbonyl (C=O) groups is 1. The highest BCUT2D eigenvalue weighted by atomic mass is 79.9. The molecule has 5 heteroatoms. The molecule has 1 aromatic rings. The normalized spacial score (nSPS) is 19.5. The van der Waals surface area contributed by atoms with E-state index in [9.17, 15) is 4.79 Å². The number of nitrogens with zero attached hydrogens (tertiary/aromatic N) is 1. The van der Waals surface area contributed by atoms with Crippen LogP contribution in [0, 0.1) is 6.92 Å². The maximum Gasteiger partial charge on any atom is 0.317 e. The molecule has 1 unspecified atom stereocenters. The Morgan fingerprint density at radius 3 is 3.05 bits per heavy atom. The van der Waals surface area contributed by atoms with Gasteiger partial charge in [-0.15, -0.1) is 0 Å². The molecule has 1 aliphatic rings. The molecule has 1 aromatic carbocycles. The summed E-state index contributed by atoms with van der Waals surface area (Å²) in [6.07, 6.45) is 2.13. The first-order valence-corrected chi connectivity index (χ1v) is 7.32. The minimum absolute atomic E-state index is 0.0395. The van der Waals surface area contributed by atoms with Gasteiger partial charge in [0.1, 0.15) is 0 Å². The molecule has 0 amide bonds. The van der Waals surface area contributed by atoms with Gasteiger partial charge in [0.15, 0.2) is 0 Å². The summed E-state index contributed by atoms with van der Waals surface area (Å²) in [5.74, 6) is -0.794. The van der Waals surface area contributed by atoms with Gasteiger partial charge in [-0.3, -0.25) is 4.79 Å². The highest BCUT2D eigenvalue weighted by Gasteiger charge is 2.21. The maximum atomic E-state index is 10.6.